The zero-order valence-corrected chi connectivity index (χ0v) is 9.82. The fourth-order valence-electron chi connectivity index (χ4n) is 1.91. The van der Waals surface area contributed by atoms with Gasteiger partial charge in [0.25, 0.3) is 0 Å². The van der Waals surface area contributed by atoms with E-state index in [1.807, 2.05) is 7.11 Å². The molecule has 0 unspecified atom stereocenters. The molecule has 0 aromatic heterocycles. The van der Waals surface area contributed by atoms with E-state index < -0.39 is 8.32 Å². The summed E-state index contributed by atoms with van der Waals surface area (Å²) in [6.45, 7) is 11.4. The smallest absolute Gasteiger partial charge is 0.196 e. The first-order valence-electron chi connectivity index (χ1n) is 4.48. The summed E-state index contributed by atoms with van der Waals surface area (Å²) in [5.41, 5.74) is 0. The molecular weight excluding hydrogens is 152 g/mol. The fourth-order valence-corrected chi connectivity index (χ4v) is 5.72. The second-order valence-electron chi connectivity index (χ2n) is 4.16. The van der Waals surface area contributed by atoms with Crippen molar-refractivity contribution in [2.75, 3.05) is 7.11 Å². The van der Waals surface area contributed by atoms with Crippen LogP contribution in [0.4, 0.5) is 0 Å². The van der Waals surface area contributed by atoms with Crippen LogP contribution in [0, 0.1) is 0 Å². The summed E-state index contributed by atoms with van der Waals surface area (Å²) >= 11 is 0. The second-order valence-corrected chi connectivity index (χ2v) is 9.47. The normalized spacial score (nSPS) is 13.6. The van der Waals surface area contributed by atoms with Gasteiger partial charge in [-0.25, -0.2) is 0 Å². The first-order chi connectivity index (χ1) is 4.93. The Hall–Kier alpha value is 0.177. The second kappa shape index (κ2) is 3.72. The highest BCUT2D eigenvalue weighted by atomic mass is 28.4. The molecule has 68 valence electrons. The zero-order valence-electron chi connectivity index (χ0n) is 8.82. The Morgan fingerprint density at radius 3 is 1.45 bits per heavy atom. The van der Waals surface area contributed by atoms with Gasteiger partial charge in [-0.1, -0.05) is 34.6 Å². The van der Waals surface area contributed by atoms with E-state index in [1.54, 1.807) is 0 Å². The minimum absolute atomic E-state index is 0.380. The molecule has 11 heavy (non-hydrogen) atoms. The van der Waals surface area contributed by atoms with E-state index >= 15 is 0 Å². The van der Waals surface area contributed by atoms with Crippen LogP contribution in [0.5, 0.6) is 0 Å². The first-order valence-corrected chi connectivity index (χ1v) is 6.81. The molecule has 0 saturated carbocycles. The SMILES string of the molecule is CC[Si](CC)(OC)C(C)(C)C. The summed E-state index contributed by atoms with van der Waals surface area (Å²) in [7, 11) is 0.460. The molecule has 0 spiro atoms. The molecule has 0 radical (unpaired) electrons. The van der Waals surface area contributed by atoms with Gasteiger partial charge in [0.15, 0.2) is 8.32 Å². The van der Waals surface area contributed by atoms with Crippen LogP contribution >= 0.6 is 0 Å². The molecule has 0 aromatic rings. The molecule has 0 amide bonds. The average molecular weight is 174 g/mol. The predicted octanol–water partition coefficient (Wildman–Crippen LogP) is 3.42. The monoisotopic (exact) mass is 174 g/mol. The summed E-state index contributed by atoms with van der Waals surface area (Å²) in [5.74, 6) is 0. The molecule has 1 nitrogen and oxygen atoms in total. The maximum Gasteiger partial charge on any atom is 0.196 e. The molecule has 0 aliphatic carbocycles. The predicted molar refractivity (Wildman–Crippen MR) is 53.4 cm³/mol. The highest BCUT2D eigenvalue weighted by Gasteiger charge is 2.42. The summed E-state index contributed by atoms with van der Waals surface area (Å²) in [4.78, 5) is 0. The Labute approximate surface area is 72.3 Å². The zero-order chi connectivity index (χ0) is 9.12. The molecule has 0 rings (SSSR count). The van der Waals surface area contributed by atoms with Gasteiger partial charge in [0.2, 0.25) is 0 Å². The van der Waals surface area contributed by atoms with Crippen molar-refractivity contribution < 1.29 is 4.43 Å². The van der Waals surface area contributed by atoms with Crippen LogP contribution < -0.4 is 0 Å². The molecule has 0 heterocycles. The first kappa shape index (κ1) is 11.2. The lowest BCUT2D eigenvalue weighted by molar-refractivity contribution is 0.360. The minimum atomic E-state index is -1.42. The van der Waals surface area contributed by atoms with E-state index in [1.165, 1.54) is 12.1 Å². The van der Waals surface area contributed by atoms with Crippen LogP contribution in [0.2, 0.25) is 17.1 Å². The largest absolute Gasteiger partial charge is 0.419 e. The van der Waals surface area contributed by atoms with Gasteiger partial charge in [-0.2, -0.15) is 0 Å². The molecular formula is C9H22OSi. The van der Waals surface area contributed by atoms with E-state index in [0.717, 1.165) is 0 Å². The Morgan fingerprint density at radius 2 is 1.45 bits per heavy atom. The van der Waals surface area contributed by atoms with Crippen LogP contribution in [0.3, 0.4) is 0 Å². The Morgan fingerprint density at radius 1 is 1.09 bits per heavy atom. The highest BCUT2D eigenvalue weighted by Crippen LogP contribution is 2.41. The molecule has 0 saturated heterocycles. The van der Waals surface area contributed by atoms with Crippen LogP contribution in [0.25, 0.3) is 0 Å². The lowest BCUT2D eigenvalue weighted by atomic mass is 10.2. The molecule has 0 aromatic carbocycles. The minimum Gasteiger partial charge on any atom is -0.419 e. The maximum absolute atomic E-state index is 5.74. The van der Waals surface area contributed by atoms with Crippen molar-refractivity contribution in [3.05, 3.63) is 0 Å². The third-order valence-electron chi connectivity index (χ3n) is 2.90. The number of hydrogen-bond acceptors (Lipinski definition) is 1. The van der Waals surface area contributed by atoms with Gasteiger partial charge in [-0.3, -0.25) is 0 Å². The molecule has 0 atom stereocenters. The van der Waals surface area contributed by atoms with Crippen LogP contribution in [0.1, 0.15) is 34.6 Å². The topological polar surface area (TPSA) is 9.23 Å². The van der Waals surface area contributed by atoms with Crippen molar-refractivity contribution in [2.45, 2.75) is 51.7 Å². The fraction of sp³-hybridized carbons (Fsp3) is 1.00. The Kier molecular flexibility index (Phi) is 3.78. The van der Waals surface area contributed by atoms with Gasteiger partial charge >= 0.3 is 0 Å². The molecule has 2 heteroatoms. The van der Waals surface area contributed by atoms with Crippen molar-refractivity contribution in [1.29, 1.82) is 0 Å². The van der Waals surface area contributed by atoms with Gasteiger partial charge in [0.1, 0.15) is 0 Å². The van der Waals surface area contributed by atoms with Crippen molar-refractivity contribution in [1.82, 2.24) is 0 Å². The van der Waals surface area contributed by atoms with E-state index in [-0.39, 0.29) is 0 Å². The third kappa shape index (κ3) is 2.06. The van der Waals surface area contributed by atoms with E-state index in [0.29, 0.717) is 5.04 Å². The van der Waals surface area contributed by atoms with Crippen molar-refractivity contribution in [3.8, 4) is 0 Å². The molecule has 0 N–H and O–H groups in total. The highest BCUT2D eigenvalue weighted by molar-refractivity contribution is 6.76. The summed E-state index contributed by atoms with van der Waals surface area (Å²) < 4.78 is 5.74. The summed E-state index contributed by atoms with van der Waals surface area (Å²) in [6.07, 6.45) is 0. The van der Waals surface area contributed by atoms with Gasteiger partial charge in [-0.15, -0.1) is 0 Å². The van der Waals surface area contributed by atoms with E-state index in [9.17, 15) is 0 Å². The lowest BCUT2D eigenvalue weighted by Crippen LogP contribution is -2.44. The van der Waals surface area contributed by atoms with Crippen molar-refractivity contribution >= 4 is 8.32 Å². The summed E-state index contributed by atoms with van der Waals surface area (Å²) in [5, 5.41) is 0.380. The van der Waals surface area contributed by atoms with E-state index in [4.69, 9.17) is 4.43 Å². The maximum atomic E-state index is 5.74. The Balaban J connectivity index is 4.54. The van der Waals surface area contributed by atoms with E-state index in [2.05, 4.69) is 34.6 Å². The Bertz CT molecular complexity index is 103. The molecule has 0 aliphatic heterocycles. The molecule has 0 bridgehead atoms. The van der Waals surface area contributed by atoms with Gasteiger partial charge in [0, 0.05) is 7.11 Å². The third-order valence-corrected chi connectivity index (χ3v) is 8.70. The van der Waals surface area contributed by atoms with Crippen molar-refractivity contribution in [3.63, 3.8) is 0 Å². The van der Waals surface area contributed by atoms with Crippen LogP contribution in [-0.4, -0.2) is 15.4 Å². The molecule has 0 aliphatic rings. The van der Waals surface area contributed by atoms with Gasteiger partial charge < -0.3 is 4.43 Å². The summed E-state index contributed by atoms with van der Waals surface area (Å²) in [6, 6.07) is 2.45. The number of hydrogen-bond donors (Lipinski definition) is 0. The van der Waals surface area contributed by atoms with Crippen molar-refractivity contribution in [2.24, 2.45) is 0 Å². The van der Waals surface area contributed by atoms with Gasteiger partial charge in [0.05, 0.1) is 0 Å². The van der Waals surface area contributed by atoms with Crippen LogP contribution in [-0.2, 0) is 4.43 Å². The number of rotatable bonds is 3. The van der Waals surface area contributed by atoms with Gasteiger partial charge in [-0.05, 0) is 17.1 Å². The molecule has 0 fully saturated rings. The van der Waals surface area contributed by atoms with Crippen LogP contribution in [0.15, 0.2) is 0 Å². The lowest BCUT2D eigenvalue weighted by Gasteiger charge is -2.39. The standard InChI is InChI=1S/C9H22OSi/c1-7-11(8-2,10-6)9(3,4)5/h7-8H2,1-6H3. The quantitative estimate of drug-likeness (QED) is 0.596. The average Bonchev–Trinajstić information content (AvgIpc) is 1.90.